The Bertz CT molecular complexity index is 924. The Morgan fingerprint density at radius 3 is 1.58 bits per heavy atom. The number of hydrogen-bond donors (Lipinski definition) is 4. The van der Waals surface area contributed by atoms with E-state index in [9.17, 15) is 0 Å². The van der Waals surface area contributed by atoms with Gasteiger partial charge in [0.1, 0.15) is 23.3 Å². The van der Waals surface area contributed by atoms with Gasteiger partial charge < -0.3 is 20.6 Å². The Morgan fingerprint density at radius 1 is 0.583 bits per heavy atom. The first-order chi connectivity index (χ1) is 11.8. The summed E-state index contributed by atoms with van der Waals surface area (Å²) in [5, 5.41) is 6.55. The molecule has 3 aliphatic heterocycles. The predicted molar refractivity (Wildman–Crippen MR) is 97.9 cm³/mol. The molecule has 5 rings (SSSR count). The number of hydrogen-bond acceptors (Lipinski definition) is 4. The molecule has 8 bridgehead atoms. The number of nitrogens with zero attached hydrogens (tertiary/aromatic N) is 2. The maximum Gasteiger partial charge on any atom is 0.132 e. The Morgan fingerprint density at radius 2 is 1.08 bits per heavy atom. The van der Waals surface area contributed by atoms with Crippen molar-refractivity contribution in [2.75, 3.05) is 10.6 Å². The third kappa shape index (κ3) is 2.40. The second-order valence-electron chi connectivity index (χ2n) is 5.70. The highest BCUT2D eigenvalue weighted by molar-refractivity contribution is 6.07. The van der Waals surface area contributed by atoms with Gasteiger partial charge in [-0.25, -0.2) is 9.98 Å². The standard InChI is InChI=1S/C18H14N6/c1-5-15-19-11(1)9-12-2-6-17(20-12)24-18-8-4-14(22-18)10-13-3-7-16(21-13)23-15/h1-10H,(H2,19,21,23)(H2,20,22,24). The van der Waals surface area contributed by atoms with E-state index in [0.717, 1.165) is 46.1 Å². The highest BCUT2D eigenvalue weighted by Gasteiger charge is 2.10. The summed E-state index contributed by atoms with van der Waals surface area (Å²) in [5.74, 6) is 3.40. The number of aliphatic imine (C=N–C) groups is 2. The van der Waals surface area contributed by atoms with E-state index < -0.39 is 0 Å². The van der Waals surface area contributed by atoms with Crippen molar-refractivity contribution in [1.82, 2.24) is 9.97 Å². The number of fused-ring (bicyclic) bond motifs is 6. The van der Waals surface area contributed by atoms with Crippen molar-refractivity contribution in [3.05, 3.63) is 71.4 Å². The van der Waals surface area contributed by atoms with Gasteiger partial charge in [-0.15, -0.1) is 0 Å². The summed E-state index contributed by atoms with van der Waals surface area (Å²) < 4.78 is 0. The number of H-pyrrole nitrogens is 2. The summed E-state index contributed by atoms with van der Waals surface area (Å²) in [5.41, 5.74) is 3.75. The number of allylic oxidation sites excluding steroid dienone is 2. The lowest BCUT2D eigenvalue weighted by molar-refractivity contribution is 1.33. The molecule has 3 aliphatic rings. The van der Waals surface area contributed by atoms with Crippen molar-refractivity contribution in [1.29, 1.82) is 0 Å². The van der Waals surface area contributed by atoms with Crippen LogP contribution in [0.4, 0.5) is 11.6 Å². The maximum absolute atomic E-state index is 4.57. The van der Waals surface area contributed by atoms with E-state index in [4.69, 9.17) is 0 Å². The zero-order chi connectivity index (χ0) is 15.9. The van der Waals surface area contributed by atoms with Gasteiger partial charge in [0.25, 0.3) is 0 Å². The maximum atomic E-state index is 4.57. The lowest BCUT2D eigenvalue weighted by Crippen LogP contribution is -2.07. The van der Waals surface area contributed by atoms with Crippen molar-refractivity contribution >= 4 is 35.5 Å². The summed E-state index contributed by atoms with van der Waals surface area (Å²) in [6, 6.07) is 7.99. The Kier molecular flexibility index (Phi) is 2.69. The molecular formula is C18H14N6. The molecule has 0 spiro atoms. The van der Waals surface area contributed by atoms with Crippen molar-refractivity contribution in [2.24, 2.45) is 9.98 Å². The Balaban J connectivity index is 1.59. The summed E-state index contributed by atoms with van der Waals surface area (Å²) in [4.78, 5) is 15.8. The van der Waals surface area contributed by atoms with Crippen LogP contribution in [-0.4, -0.2) is 21.6 Å². The number of rotatable bonds is 0. The molecule has 0 unspecified atom stereocenters. The quantitative estimate of drug-likeness (QED) is 0.600. The molecule has 116 valence electrons. The molecule has 24 heavy (non-hydrogen) atoms. The minimum atomic E-state index is 0.806. The molecule has 5 heterocycles. The Labute approximate surface area is 138 Å². The normalized spacial score (nSPS) is 17.7. The number of aromatic amines is 2. The van der Waals surface area contributed by atoms with Gasteiger partial charge in [-0.3, -0.25) is 0 Å². The second-order valence-corrected chi connectivity index (χ2v) is 5.70. The molecule has 6 heteroatoms. The number of aromatic nitrogens is 2. The summed E-state index contributed by atoms with van der Waals surface area (Å²) in [6.45, 7) is 0. The van der Waals surface area contributed by atoms with Gasteiger partial charge in [0.2, 0.25) is 0 Å². The van der Waals surface area contributed by atoms with Crippen LogP contribution >= 0.6 is 0 Å². The van der Waals surface area contributed by atoms with E-state index in [1.165, 1.54) is 0 Å². The molecule has 0 radical (unpaired) electrons. The molecule has 0 atom stereocenters. The van der Waals surface area contributed by atoms with Crippen LogP contribution in [0.5, 0.6) is 0 Å². The van der Waals surface area contributed by atoms with E-state index in [2.05, 4.69) is 30.6 Å². The van der Waals surface area contributed by atoms with Crippen molar-refractivity contribution in [3.63, 3.8) is 0 Å². The van der Waals surface area contributed by atoms with Crippen LogP contribution < -0.4 is 10.6 Å². The number of amidine groups is 2. The second kappa shape index (κ2) is 4.99. The monoisotopic (exact) mass is 314 g/mol. The minimum Gasteiger partial charge on any atom is -0.342 e. The van der Waals surface area contributed by atoms with E-state index in [-0.39, 0.29) is 0 Å². The first kappa shape index (κ1) is 13.0. The highest BCUT2D eigenvalue weighted by Crippen LogP contribution is 2.20. The van der Waals surface area contributed by atoms with Gasteiger partial charge in [0.15, 0.2) is 0 Å². The van der Waals surface area contributed by atoms with Crippen molar-refractivity contribution in [3.8, 4) is 0 Å². The molecule has 0 saturated heterocycles. The fraction of sp³-hybridized carbons (Fsp3) is 0. The highest BCUT2D eigenvalue weighted by atomic mass is 15.1. The lowest BCUT2D eigenvalue weighted by Gasteiger charge is -2.01. The van der Waals surface area contributed by atoms with Crippen molar-refractivity contribution in [2.45, 2.75) is 0 Å². The molecular weight excluding hydrogens is 300 g/mol. The van der Waals surface area contributed by atoms with Crippen LogP contribution in [0, 0.1) is 0 Å². The first-order valence-electron chi connectivity index (χ1n) is 7.69. The molecule has 0 aliphatic carbocycles. The van der Waals surface area contributed by atoms with Gasteiger partial charge >= 0.3 is 0 Å². The summed E-state index contributed by atoms with van der Waals surface area (Å²) in [7, 11) is 0. The van der Waals surface area contributed by atoms with Gasteiger partial charge in [-0.1, -0.05) is 0 Å². The van der Waals surface area contributed by atoms with Crippen LogP contribution in [0.15, 0.2) is 69.9 Å². The van der Waals surface area contributed by atoms with Crippen LogP contribution in [0.3, 0.4) is 0 Å². The molecule has 6 nitrogen and oxygen atoms in total. The fourth-order valence-corrected chi connectivity index (χ4v) is 2.79. The van der Waals surface area contributed by atoms with Gasteiger partial charge in [-0.2, -0.15) is 0 Å². The van der Waals surface area contributed by atoms with E-state index in [1.54, 1.807) is 0 Å². The van der Waals surface area contributed by atoms with E-state index in [0.29, 0.717) is 0 Å². The molecule has 2 aromatic rings. The van der Waals surface area contributed by atoms with Crippen molar-refractivity contribution < 1.29 is 0 Å². The fourth-order valence-electron chi connectivity index (χ4n) is 2.79. The summed E-state index contributed by atoms with van der Waals surface area (Å²) >= 11 is 0. The van der Waals surface area contributed by atoms with Gasteiger partial charge in [-0.05, 0) is 60.7 Å². The third-order valence-corrected chi connectivity index (χ3v) is 3.87. The van der Waals surface area contributed by atoms with E-state index in [1.807, 2.05) is 60.7 Å². The molecule has 0 amide bonds. The molecule has 0 saturated carbocycles. The smallest absolute Gasteiger partial charge is 0.132 e. The summed E-state index contributed by atoms with van der Waals surface area (Å²) in [6.07, 6.45) is 11.9. The predicted octanol–water partition coefficient (Wildman–Crippen LogP) is 3.50. The zero-order valence-corrected chi connectivity index (χ0v) is 12.7. The SMILES string of the molecule is C1=CC2=NC1=Cc1ccc([nH]1)NC1=NC(=Cc3ccc([nH]3)N2)C=C1. The van der Waals surface area contributed by atoms with Gasteiger partial charge in [0, 0.05) is 11.4 Å². The molecule has 0 fully saturated rings. The Hall–Kier alpha value is -3.54. The third-order valence-electron chi connectivity index (χ3n) is 3.87. The van der Waals surface area contributed by atoms with Crippen LogP contribution in [0.2, 0.25) is 0 Å². The topological polar surface area (TPSA) is 80.4 Å². The average molecular weight is 314 g/mol. The van der Waals surface area contributed by atoms with E-state index >= 15 is 0 Å². The average Bonchev–Trinajstić information content (AvgIpc) is 3.32. The largest absolute Gasteiger partial charge is 0.342 e. The van der Waals surface area contributed by atoms with Gasteiger partial charge in [0.05, 0.1) is 11.4 Å². The molecule has 2 aromatic heterocycles. The minimum absolute atomic E-state index is 0.806. The van der Waals surface area contributed by atoms with Crippen LogP contribution in [0.25, 0.3) is 12.2 Å². The molecule has 0 aromatic carbocycles. The number of anilines is 2. The number of nitrogens with one attached hydrogen (secondary N) is 4. The van der Waals surface area contributed by atoms with Crippen LogP contribution in [0.1, 0.15) is 11.4 Å². The zero-order valence-electron chi connectivity index (χ0n) is 12.7. The molecule has 4 N–H and O–H groups in total. The van der Waals surface area contributed by atoms with Crippen LogP contribution in [-0.2, 0) is 0 Å². The first-order valence-corrected chi connectivity index (χ1v) is 7.69. The lowest BCUT2D eigenvalue weighted by atomic mass is 10.3.